The fourth-order valence-corrected chi connectivity index (χ4v) is 3.96. The van der Waals surface area contributed by atoms with Crippen molar-refractivity contribution in [3.63, 3.8) is 0 Å². The van der Waals surface area contributed by atoms with E-state index in [2.05, 4.69) is 22.1 Å². The molecule has 30 heavy (non-hydrogen) atoms. The van der Waals surface area contributed by atoms with Gasteiger partial charge in [-0.3, -0.25) is 10.1 Å². The molecule has 2 N–H and O–H groups in total. The first-order valence-corrected chi connectivity index (χ1v) is 10.4. The molecule has 0 amide bonds. The van der Waals surface area contributed by atoms with Gasteiger partial charge in [0.15, 0.2) is 15.7 Å². The number of sulfone groups is 1. The van der Waals surface area contributed by atoms with E-state index in [0.717, 1.165) is 0 Å². The lowest BCUT2D eigenvalue weighted by Gasteiger charge is -2.18. The Hall–Kier alpha value is -2.82. The van der Waals surface area contributed by atoms with Crippen LogP contribution in [-0.4, -0.2) is 37.7 Å². The van der Waals surface area contributed by atoms with Crippen LogP contribution in [0.1, 0.15) is 37.6 Å². The van der Waals surface area contributed by atoms with Crippen LogP contribution in [0.3, 0.4) is 0 Å². The Labute approximate surface area is 173 Å². The maximum Gasteiger partial charge on any atom is 0.433 e. The van der Waals surface area contributed by atoms with E-state index < -0.39 is 27.0 Å². The van der Waals surface area contributed by atoms with Gasteiger partial charge in [-0.25, -0.2) is 8.42 Å². The zero-order valence-corrected chi connectivity index (χ0v) is 18.0. The third kappa shape index (κ3) is 4.35. The minimum atomic E-state index is -4.58. The second kappa shape index (κ2) is 8.50. The average molecular weight is 444 g/mol. The molecule has 0 fully saturated rings. The molecule has 0 aliphatic heterocycles. The highest BCUT2D eigenvalue weighted by molar-refractivity contribution is 7.92. The summed E-state index contributed by atoms with van der Waals surface area (Å²) >= 11 is 0. The van der Waals surface area contributed by atoms with Crippen molar-refractivity contribution in [1.82, 2.24) is 10.2 Å². The van der Waals surface area contributed by atoms with Gasteiger partial charge in [0.25, 0.3) is 0 Å². The lowest BCUT2D eigenvalue weighted by Crippen LogP contribution is -2.15. The van der Waals surface area contributed by atoms with E-state index in [0.29, 0.717) is 16.9 Å². The number of hydrogen-bond donors (Lipinski definition) is 2. The van der Waals surface area contributed by atoms with Crippen molar-refractivity contribution in [2.75, 3.05) is 12.4 Å². The molecule has 0 saturated heterocycles. The van der Waals surface area contributed by atoms with E-state index in [1.165, 1.54) is 40.0 Å². The molecule has 0 aliphatic rings. The average Bonchev–Trinajstić information content (AvgIpc) is 3.05. The first-order chi connectivity index (χ1) is 13.9. The monoisotopic (exact) mass is 444 g/mol. The van der Waals surface area contributed by atoms with Gasteiger partial charge >= 0.3 is 6.18 Å². The van der Waals surface area contributed by atoms with E-state index in [1.54, 1.807) is 13.0 Å². The smallest absolute Gasteiger partial charge is 0.433 e. The molecule has 1 aromatic heterocycles. The second-order valence-corrected chi connectivity index (χ2v) is 9.14. The van der Waals surface area contributed by atoms with E-state index in [4.69, 9.17) is 4.74 Å². The number of hydrogen-bond acceptors (Lipinski definition) is 6. The maximum atomic E-state index is 13.0. The third-order valence-corrected chi connectivity index (χ3v) is 6.68. The number of H-pyrrole nitrogens is 1. The zero-order valence-electron chi connectivity index (χ0n) is 17.2. The number of anilines is 1. The predicted molar refractivity (Wildman–Crippen MR) is 110 cm³/mol. The summed E-state index contributed by atoms with van der Waals surface area (Å²) in [5, 5.41) is 7.78. The molecule has 11 heteroatoms. The van der Waals surface area contributed by atoms with Crippen LogP contribution >= 0.6 is 0 Å². The van der Waals surface area contributed by atoms with Crippen LogP contribution in [0.15, 0.2) is 28.1 Å². The third-order valence-electron chi connectivity index (χ3n) is 4.50. The molecule has 7 nitrogen and oxygen atoms in total. The Bertz CT molecular complexity index is 1090. The largest absolute Gasteiger partial charge is 0.495 e. The number of ether oxygens (including phenoxy) is 1. The van der Waals surface area contributed by atoms with Gasteiger partial charge in [-0.05, 0) is 40.5 Å². The molecular formula is C19H23F3N4O3S. The summed E-state index contributed by atoms with van der Waals surface area (Å²) in [6.45, 7) is 9.48. The molecular weight excluding hydrogens is 421 g/mol. The molecule has 0 spiro atoms. The predicted octanol–water partition coefficient (Wildman–Crippen LogP) is 4.73. The summed E-state index contributed by atoms with van der Waals surface area (Å²) in [5.74, 6) is 0.0510. The molecule has 0 unspecified atom stereocenters. The lowest BCUT2D eigenvalue weighted by atomic mass is 10.1. The first-order valence-electron chi connectivity index (χ1n) is 8.86. The Morgan fingerprint density at radius 3 is 2.43 bits per heavy atom. The number of aliphatic imine (C=N–C) groups is 1. The number of aromatic amines is 1. The number of aromatic nitrogens is 2. The van der Waals surface area contributed by atoms with Gasteiger partial charge in [0.05, 0.1) is 18.0 Å². The molecule has 1 heterocycles. The Morgan fingerprint density at radius 1 is 1.37 bits per heavy atom. The van der Waals surface area contributed by atoms with E-state index in [1.807, 2.05) is 5.10 Å². The summed E-state index contributed by atoms with van der Waals surface area (Å²) in [7, 11) is -2.38. The number of benzene rings is 1. The molecule has 0 aliphatic carbocycles. The number of rotatable bonds is 7. The molecule has 2 aromatic rings. The van der Waals surface area contributed by atoms with Crippen LogP contribution in [0.25, 0.3) is 5.70 Å². The first kappa shape index (κ1) is 23.5. The fourth-order valence-electron chi connectivity index (χ4n) is 2.75. The Morgan fingerprint density at radius 2 is 2.00 bits per heavy atom. The quantitative estimate of drug-likeness (QED) is 0.602. The van der Waals surface area contributed by atoms with E-state index >= 15 is 0 Å². The van der Waals surface area contributed by atoms with Crippen molar-refractivity contribution in [2.24, 2.45) is 4.99 Å². The van der Waals surface area contributed by atoms with Gasteiger partial charge in [0, 0.05) is 22.9 Å². The van der Waals surface area contributed by atoms with Crippen molar-refractivity contribution >= 4 is 33.8 Å². The number of nitrogens with one attached hydrogen (secondary N) is 2. The van der Waals surface area contributed by atoms with Gasteiger partial charge in [-0.15, -0.1) is 0 Å². The van der Waals surface area contributed by atoms with Crippen LogP contribution in [-0.2, 0) is 16.0 Å². The second-order valence-electron chi connectivity index (χ2n) is 6.67. The van der Waals surface area contributed by atoms with Crippen LogP contribution in [0.4, 0.5) is 24.7 Å². The summed E-state index contributed by atoms with van der Waals surface area (Å²) in [5.41, 5.74) is -0.176. The van der Waals surface area contributed by atoms with Gasteiger partial charge in [-0.2, -0.15) is 18.3 Å². The van der Waals surface area contributed by atoms with Gasteiger partial charge in [-0.1, -0.05) is 6.08 Å². The standard InChI is InChI=1S/C19H23F3N4O3S/c1-7-13(24-18-11(4)17(25-26-18)19(20,21)22)12-8-16(30(27,28)10(2)3)15(29-6)9-14(12)23-5/h7-10H,5H2,1-4,6H3,(H2,24,25,26)/b13-7+. The van der Waals surface area contributed by atoms with E-state index in [-0.39, 0.29) is 22.0 Å². The summed E-state index contributed by atoms with van der Waals surface area (Å²) < 4.78 is 70.0. The van der Waals surface area contributed by atoms with Gasteiger partial charge in [0.2, 0.25) is 0 Å². The number of halogens is 3. The molecule has 2 rings (SSSR count). The van der Waals surface area contributed by atoms with Crippen LogP contribution in [0, 0.1) is 6.92 Å². The summed E-state index contributed by atoms with van der Waals surface area (Å²) in [4.78, 5) is 3.85. The van der Waals surface area contributed by atoms with E-state index in [9.17, 15) is 21.6 Å². The van der Waals surface area contributed by atoms with Crippen LogP contribution in [0.2, 0.25) is 0 Å². The molecule has 0 radical (unpaired) electrons. The highest BCUT2D eigenvalue weighted by atomic mass is 32.2. The number of allylic oxidation sites excluding steroid dienone is 1. The summed E-state index contributed by atoms with van der Waals surface area (Å²) in [6, 6.07) is 2.79. The van der Waals surface area contributed by atoms with Gasteiger partial charge in [0.1, 0.15) is 16.3 Å². The highest BCUT2D eigenvalue weighted by Crippen LogP contribution is 2.38. The van der Waals surface area contributed by atoms with Crippen molar-refractivity contribution < 1.29 is 26.3 Å². The minimum absolute atomic E-state index is 0.0467. The van der Waals surface area contributed by atoms with Gasteiger partial charge < -0.3 is 10.1 Å². The van der Waals surface area contributed by atoms with Crippen LogP contribution in [0.5, 0.6) is 5.75 Å². The topological polar surface area (TPSA) is 96.4 Å². The number of alkyl halides is 3. The number of nitrogens with zero attached hydrogens (tertiary/aromatic N) is 2. The fraction of sp³-hybridized carbons (Fsp3) is 0.368. The molecule has 0 bridgehead atoms. The number of methoxy groups -OCH3 is 1. The molecule has 0 atom stereocenters. The molecule has 1 aromatic carbocycles. The minimum Gasteiger partial charge on any atom is -0.495 e. The Balaban J connectivity index is 2.64. The SMILES string of the molecule is C=Nc1cc(OC)c(S(=O)(=O)C(C)C)cc1/C(=C\C)Nc1n[nH]c(C(F)(F)F)c1C. The Kier molecular flexibility index (Phi) is 6.65. The van der Waals surface area contributed by atoms with Crippen molar-refractivity contribution in [2.45, 2.75) is 44.0 Å². The lowest BCUT2D eigenvalue weighted by molar-refractivity contribution is -0.141. The summed E-state index contributed by atoms with van der Waals surface area (Å²) in [6.07, 6.45) is -3.01. The molecule has 0 saturated carbocycles. The maximum absolute atomic E-state index is 13.0. The zero-order chi connectivity index (χ0) is 22.9. The normalized spacial score (nSPS) is 12.9. The van der Waals surface area contributed by atoms with Crippen molar-refractivity contribution in [1.29, 1.82) is 0 Å². The highest BCUT2D eigenvalue weighted by Gasteiger charge is 2.36. The van der Waals surface area contributed by atoms with Crippen molar-refractivity contribution in [3.8, 4) is 5.75 Å². The molecule has 164 valence electrons. The van der Waals surface area contributed by atoms with Crippen molar-refractivity contribution in [3.05, 3.63) is 35.0 Å². The van der Waals surface area contributed by atoms with Crippen LogP contribution < -0.4 is 10.1 Å².